The highest BCUT2D eigenvalue weighted by molar-refractivity contribution is 7.13. The van der Waals surface area contributed by atoms with Crippen molar-refractivity contribution in [3.8, 4) is 33.0 Å². The number of hydrogen-bond donors (Lipinski definition) is 3. The summed E-state index contributed by atoms with van der Waals surface area (Å²) >= 11 is 1.70. The summed E-state index contributed by atoms with van der Waals surface area (Å²) in [7, 11) is 0. The molecule has 7 rings (SSSR count). The molecule has 1 amide bonds. The number of carbonyl (C=O) groups excluding carboxylic acids is 1. The molecule has 7 nitrogen and oxygen atoms in total. The molecule has 0 aliphatic heterocycles. The summed E-state index contributed by atoms with van der Waals surface area (Å²) in [6.45, 7) is 0. The minimum Gasteiger partial charge on any atom is -0.352 e. The molecule has 5 heterocycles. The van der Waals surface area contributed by atoms with E-state index in [1.807, 2.05) is 67.0 Å². The molecule has 0 unspecified atom stereocenters. The van der Waals surface area contributed by atoms with Gasteiger partial charge in [-0.15, -0.1) is 11.3 Å². The highest BCUT2D eigenvalue weighted by Crippen LogP contribution is 2.36. The van der Waals surface area contributed by atoms with Gasteiger partial charge < -0.3 is 10.3 Å². The number of amides is 1. The fraction of sp³-hybridized carbons (Fsp3) is 0.0323. The molecule has 0 radical (unpaired) electrons. The lowest BCUT2D eigenvalue weighted by Crippen LogP contribution is -2.14. The monoisotopic (exact) mass is 526 g/mol. The van der Waals surface area contributed by atoms with Gasteiger partial charge in [0.15, 0.2) is 0 Å². The zero-order valence-electron chi connectivity index (χ0n) is 20.7. The molecule has 0 aliphatic carbocycles. The molecule has 0 aliphatic rings. The molecule has 0 bridgehead atoms. The van der Waals surface area contributed by atoms with Gasteiger partial charge in [-0.2, -0.15) is 5.10 Å². The van der Waals surface area contributed by atoms with Crippen LogP contribution in [0.4, 0.5) is 5.69 Å². The van der Waals surface area contributed by atoms with E-state index in [2.05, 4.69) is 54.0 Å². The third kappa shape index (κ3) is 4.47. The van der Waals surface area contributed by atoms with Crippen LogP contribution < -0.4 is 5.32 Å². The Labute approximate surface area is 227 Å². The van der Waals surface area contributed by atoms with Crippen LogP contribution in [0.25, 0.3) is 54.8 Å². The normalized spacial score (nSPS) is 11.3. The van der Waals surface area contributed by atoms with E-state index in [-0.39, 0.29) is 5.91 Å². The molecular weight excluding hydrogens is 504 g/mol. The van der Waals surface area contributed by atoms with Crippen LogP contribution in [0.2, 0.25) is 0 Å². The van der Waals surface area contributed by atoms with E-state index in [1.165, 1.54) is 4.88 Å². The molecular formula is C31H22N6OS. The van der Waals surface area contributed by atoms with E-state index < -0.39 is 0 Å². The number of pyridine rings is 2. The maximum atomic E-state index is 12.6. The van der Waals surface area contributed by atoms with Crippen molar-refractivity contribution in [1.29, 1.82) is 0 Å². The largest absolute Gasteiger partial charge is 0.352 e. The van der Waals surface area contributed by atoms with Crippen LogP contribution in [0.15, 0.2) is 103 Å². The summed E-state index contributed by atoms with van der Waals surface area (Å²) in [5.74, 6) is -0.0806. The number of aromatic nitrogens is 5. The van der Waals surface area contributed by atoms with Gasteiger partial charge in [-0.25, -0.2) is 0 Å². The van der Waals surface area contributed by atoms with Crippen molar-refractivity contribution in [2.45, 2.75) is 6.42 Å². The Hall–Kier alpha value is -5.08. The number of carbonyl (C=O) groups is 1. The highest BCUT2D eigenvalue weighted by atomic mass is 32.1. The Kier molecular flexibility index (Phi) is 5.71. The van der Waals surface area contributed by atoms with E-state index in [4.69, 9.17) is 0 Å². The maximum absolute atomic E-state index is 12.6. The highest BCUT2D eigenvalue weighted by Gasteiger charge is 2.15. The van der Waals surface area contributed by atoms with E-state index in [0.717, 1.165) is 55.4 Å². The van der Waals surface area contributed by atoms with Gasteiger partial charge in [-0.1, -0.05) is 42.5 Å². The molecule has 39 heavy (non-hydrogen) atoms. The van der Waals surface area contributed by atoms with Crippen LogP contribution in [0.5, 0.6) is 0 Å². The Morgan fingerprint density at radius 3 is 2.59 bits per heavy atom. The second-order valence-electron chi connectivity index (χ2n) is 9.31. The van der Waals surface area contributed by atoms with E-state index >= 15 is 0 Å². The number of rotatable bonds is 6. The fourth-order valence-electron chi connectivity index (χ4n) is 4.86. The predicted octanol–water partition coefficient (Wildman–Crippen LogP) is 7.08. The Bertz CT molecular complexity index is 1940. The van der Waals surface area contributed by atoms with Gasteiger partial charge in [0.2, 0.25) is 5.91 Å². The van der Waals surface area contributed by atoms with Crippen molar-refractivity contribution in [2.75, 3.05) is 5.32 Å². The number of nitrogens with one attached hydrogen (secondary N) is 3. The lowest BCUT2D eigenvalue weighted by molar-refractivity contribution is -0.115. The molecule has 188 valence electrons. The first-order chi connectivity index (χ1) is 19.2. The molecule has 0 fully saturated rings. The average molecular weight is 527 g/mol. The van der Waals surface area contributed by atoms with E-state index in [9.17, 15) is 4.79 Å². The lowest BCUT2D eigenvalue weighted by Gasteiger charge is -2.08. The van der Waals surface area contributed by atoms with Gasteiger partial charge >= 0.3 is 0 Å². The van der Waals surface area contributed by atoms with Crippen molar-refractivity contribution >= 4 is 44.7 Å². The molecule has 7 aromatic rings. The van der Waals surface area contributed by atoms with Crippen LogP contribution in [0.3, 0.4) is 0 Å². The zero-order chi connectivity index (χ0) is 26.2. The van der Waals surface area contributed by atoms with E-state index in [1.54, 1.807) is 23.7 Å². The van der Waals surface area contributed by atoms with Gasteiger partial charge in [0.05, 0.1) is 41.2 Å². The van der Waals surface area contributed by atoms with Gasteiger partial charge in [0.1, 0.15) is 5.69 Å². The maximum Gasteiger partial charge on any atom is 0.228 e. The van der Waals surface area contributed by atoms with Crippen LogP contribution in [0.1, 0.15) is 5.56 Å². The molecule has 0 saturated carbocycles. The van der Waals surface area contributed by atoms with E-state index in [0.29, 0.717) is 12.1 Å². The average Bonchev–Trinajstić information content (AvgIpc) is 3.73. The second kappa shape index (κ2) is 9.66. The zero-order valence-corrected chi connectivity index (χ0v) is 21.5. The van der Waals surface area contributed by atoms with Crippen LogP contribution in [-0.2, 0) is 11.2 Å². The summed E-state index contributed by atoms with van der Waals surface area (Å²) in [5, 5.41) is 14.9. The van der Waals surface area contributed by atoms with Crippen molar-refractivity contribution < 1.29 is 4.79 Å². The molecule has 0 atom stereocenters. The number of aromatic amines is 2. The van der Waals surface area contributed by atoms with Crippen molar-refractivity contribution in [2.24, 2.45) is 0 Å². The van der Waals surface area contributed by atoms with Crippen LogP contribution >= 0.6 is 11.3 Å². The number of H-pyrrole nitrogens is 2. The SMILES string of the molecule is O=C(Cc1ccccc1)Nc1cncc(-c2ccc3[nH]nc(-c4cc5c(-c6cccs6)cncc5[nH]4)c3c2)c1. The Morgan fingerprint density at radius 1 is 0.821 bits per heavy atom. The second-order valence-corrected chi connectivity index (χ2v) is 10.3. The smallest absolute Gasteiger partial charge is 0.228 e. The molecule has 2 aromatic carbocycles. The lowest BCUT2D eigenvalue weighted by atomic mass is 10.0. The molecule has 0 saturated heterocycles. The standard InChI is InChI=1S/C31H22N6OS/c38-30(11-19-5-2-1-3-6-19)34-22-12-21(15-32-16-22)20-8-9-26-24(13-20)31(37-36-26)27-14-23-25(29-7-4-10-39-29)17-33-18-28(23)35-27/h1-10,12-18,35H,11H2,(H,34,38)(H,36,37). The summed E-state index contributed by atoms with van der Waals surface area (Å²) in [6.07, 6.45) is 7.53. The topological polar surface area (TPSA) is 99.3 Å². The third-order valence-corrected chi connectivity index (χ3v) is 7.62. The quantitative estimate of drug-likeness (QED) is 0.216. The van der Waals surface area contributed by atoms with Crippen molar-refractivity contribution in [3.63, 3.8) is 0 Å². The van der Waals surface area contributed by atoms with Crippen molar-refractivity contribution in [3.05, 3.63) is 109 Å². The van der Waals surface area contributed by atoms with Crippen LogP contribution in [0, 0.1) is 0 Å². The van der Waals surface area contributed by atoms with Gasteiger partial charge in [-0.3, -0.25) is 19.9 Å². The fourth-order valence-corrected chi connectivity index (χ4v) is 5.61. The van der Waals surface area contributed by atoms with Gasteiger partial charge in [-0.05, 0) is 46.8 Å². The van der Waals surface area contributed by atoms with Crippen LogP contribution in [-0.4, -0.2) is 31.1 Å². The number of anilines is 1. The van der Waals surface area contributed by atoms with Gasteiger partial charge in [0, 0.05) is 39.2 Å². The number of thiophene rings is 1. The van der Waals surface area contributed by atoms with Crippen molar-refractivity contribution in [1.82, 2.24) is 25.1 Å². The summed E-state index contributed by atoms with van der Waals surface area (Å²) < 4.78 is 0. The minimum absolute atomic E-state index is 0.0806. The molecule has 8 heteroatoms. The first-order valence-corrected chi connectivity index (χ1v) is 13.4. The predicted molar refractivity (Wildman–Crippen MR) is 157 cm³/mol. The number of hydrogen-bond acceptors (Lipinski definition) is 5. The number of fused-ring (bicyclic) bond motifs is 2. The molecule has 3 N–H and O–H groups in total. The number of benzene rings is 2. The first kappa shape index (κ1) is 23.1. The Balaban J connectivity index is 1.21. The third-order valence-electron chi connectivity index (χ3n) is 6.71. The Morgan fingerprint density at radius 2 is 1.72 bits per heavy atom. The minimum atomic E-state index is -0.0806. The molecule has 0 spiro atoms. The van der Waals surface area contributed by atoms with Gasteiger partial charge in [0.25, 0.3) is 0 Å². The summed E-state index contributed by atoms with van der Waals surface area (Å²) in [6, 6.07) is 24.1. The number of nitrogens with zero attached hydrogens (tertiary/aromatic N) is 3. The first-order valence-electron chi connectivity index (χ1n) is 12.5. The summed E-state index contributed by atoms with van der Waals surface area (Å²) in [5.41, 5.74) is 8.26. The molecule has 5 aromatic heterocycles. The summed E-state index contributed by atoms with van der Waals surface area (Å²) in [4.78, 5) is 26.1.